The van der Waals surface area contributed by atoms with E-state index in [0.29, 0.717) is 40.6 Å². The summed E-state index contributed by atoms with van der Waals surface area (Å²) in [5.41, 5.74) is 1.38. The number of anilines is 1. The molecule has 0 saturated heterocycles. The summed E-state index contributed by atoms with van der Waals surface area (Å²) in [5, 5.41) is 12.9. The maximum Gasteiger partial charge on any atom is 0.234 e. The van der Waals surface area contributed by atoms with Crippen LogP contribution < -0.4 is 5.32 Å². The van der Waals surface area contributed by atoms with Gasteiger partial charge in [-0.25, -0.2) is 0 Å². The maximum atomic E-state index is 12.5. The number of para-hydroxylation sites is 1. The monoisotopic (exact) mass is 464 g/mol. The van der Waals surface area contributed by atoms with Gasteiger partial charge in [0, 0.05) is 25.3 Å². The number of carbonyl (C=O) groups excluding carboxylic acids is 1. The molecule has 0 bridgehead atoms. The SMILES string of the molecule is CCOCCCn1c(SCC(=O)Nc2c(Cl)cccc2Cl)nnc1-c1ccccc1. The molecule has 1 heterocycles. The molecule has 6 nitrogen and oxygen atoms in total. The Balaban J connectivity index is 1.71. The lowest BCUT2D eigenvalue weighted by molar-refractivity contribution is -0.113. The smallest absolute Gasteiger partial charge is 0.234 e. The highest BCUT2D eigenvalue weighted by molar-refractivity contribution is 7.99. The van der Waals surface area contributed by atoms with Crippen LogP contribution in [0.1, 0.15) is 13.3 Å². The Morgan fingerprint density at radius 1 is 1.10 bits per heavy atom. The third-order valence-corrected chi connectivity index (χ3v) is 5.78. The van der Waals surface area contributed by atoms with E-state index in [-0.39, 0.29) is 11.7 Å². The fourth-order valence-corrected chi connectivity index (χ4v) is 4.05. The van der Waals surface area contributed by atoms with Crippen molar-refractivity contribution in [3.8, 4) is 11.4 Å². The number of thioether (sulfide) groups is 1. The lowest BCUT2D eigenvalue weighted by Crippen LogP contribution is -2.15. The summed E-state index contributed by atoms with van der Waals surface area (Å²) < 4.78 is 7.48. The summed E-state index contributed by atoms with van der Waals surface area (Å²) in [7, 11) is 0. The van der Waals surface area contributed by atoms with Crippen LogP contribution in [0, 0.1) is 0 Å². The molecule has 1 N–H and O–H groups in total. The lowest BCUT2D eigenvalue weighted by atomic mass is 10.2. The van der Waals surface area contributed by atoms with Gasteiger partial charge >= 0.3 is 0 Å². The van der Waals surface area contributed by atoms with Crippen LogP contribution >= 0.6 is 35.0 Å². The predicted octanol–water partition coefficient (Wildman–Crippen LogP) is 5.41. The Bertz CT molecular complexity index is 962. The average Bonchev–Trinajstić information content (AvgIpc) is 3.16. The van der Waals surface area contributed by atoms with Crippen molar-refractivity contribution in [3.63, 3.8) is 0 Å². The molecular formula is C21H22Cl2N4O2S. The molecule has 1 aromatic heterocycles. The summed E-state index contributed by atoms with van der Waals surface area (Å²) in [5.74, 6) is 0.698. The first-order valence-corrected chi connectivity index (χ1v) is 11.3. The van der Waals surface area contributed by atoms with Crippen molar-refractivity contribution < 1.29 is 9.53 Å². The number of amides is 1. The fraction of sp³-hybridized carbons (Fsp3) is 0.286. The number of nitrogens with one attached hydrogen (secondary N) is 1. The van der Waals surface area contributed by atoms with Gasteiger partial charge in [-0.15, -0.1) is 10.2 Å². The second kappa shape index (κ2) is 11.4. The van der Waals surface area contributed by atoms with Crippen LogP contribution in [0.25, 0.3) is 11.4 Å². The van der Waals surface area contributed by atoms with Gasteiger partial charge in [0.05, 0.1) is 21.5 Å². The first-order valence-electron chi connectivity index (χ1n) is 9.53. The van der Waals surface area contributed by atoms with E-state index in [2.05, 4.69) is 15.5 Å². The quantitative estimate of drug-likeness (QED) is 0.320. The molecule has 0 aliphatic rings. The minimum atomic E-state index is -0.222. The summed E-state index contributed by atoms with van der Waals surface area (Å²) in [6.45, 7) is 4.00. The zero-order valence-electron chi connectivity index (χ0n) is 16.5. The molecule has 0 spiro atoms. The van der Waals surface area contributed by atoms with Crippen LogP contribution in [0.15, 0.2) is 53.7 Å². The number of halogens is 2. The first-order chi connectivity index (χ1) is 14.6. The number of hydrogen-bond acceptors (Lipinski definition) is 5. The molecule has 0 atom stereocenters. The summed E-state index contributed by atoms with van der Waals surface area (Å²) in [6, 6.07) is 14.9. The molecule has 2 aromatic carbocycles. The van der Waals surface area contributed by atoms with Gasteiger partial charge in [-0.05, 0) is 25.5 Å². The molecule has 30 heavy (non-hydrogen) atoms. The summed E-state index contributed by atoms with van der Waals surface area (Å²) in [6.07, 6.45) is 0.820. The normalized spacial score (nSPS) is 10.9. The number of nitrogens with zero attached hydrogens (tertiary/aromatic N) is 3. The van der Waals surface area contributed by atoms with Crippen LogP contribution in [-0.4, -0.2) is 39.6 Å². The molecule has 0 aliphatic carbocycles. The largest absolute Gasteiger partial charge is 0.382 e. The number of benzene rings is 2. The Hall–Kier alpha value is -2.06. The van der Waals surface area contributed by atoms with Crippen LogP contribution in [0.2, 0.25) is 10.0 Å². The van der Waals surface area contributed by atoms with Gasteiger partial charge in [-0.2, -0.15) is 0 Å². The highest BCUT2D eigenvalue weighted by atomic mass is 35.5. The predicted molar refractivity (Wildman–Crippen MR) is 122 cm³/mol. The van der Waals surface area contributed by atoms with Gasteiger partial charge in [-0.1, -0.05) is 71.4 Å². The van der Waals surface area contributed by atoms with Crippen LogP contribution in [0.4, 0.5) is 5.69 Å². The van der Waals surface area contributed by atoms with Crippen molar-refractivity contribution in [1.29, 1.82) is 0 Å². The van der Waals surface area contributed by atoms with Crippen molar-refractivity contribution >= 4 is 46.6 Å². The third kappa shape index (κ3) is 5.98. The van der Waals surface area contributed by atoms with Crippen molar-refractivity contribution in [2.75, 3.05) is 24.3 Å². The van der Waals surface area contributed by atoms with Gasteiger partial charge in [0.15, 0.2) is 11.0 Å². The zero-order chi connectivity index (χ0) is 21.3. The molecular weight excluding hydrogens is 443 g/mol. The van der Waals surface area contributed by atoms with E-state index in [9.17, 15) is 4.79 Å². The fourth-order valence-electron chi connectivity index (χ4n) is 2.79. The molecule has 158 valence electrons. The van der Waals surface area contributed by atoms with Crippen molar-refractivity contribution in [2.45, 2.75) is 25.0 Å². The Kier molecular flexibility index (Phi) is 8.57. The maximum absolute atomic E-state index is 12.5. The van der Waals surface area contributed by atoms with Gasteiger partial charge < -0.3 is 14.6 Å². The molecule has 0 unspecified atom stereocenters. The Morgan fingerprint density at radius 3 is 2.53 bits per heavy atom. The Labute approximate surface area is 189 Å². The molecule has 1 amide bonds. The highest BCUT2D eigenvalue weighted by Gasteiger charge is 2.16. The van der Waals surface area contributed by atoms with Crippen LogP contribution in [0.5, 0.6) is 0 Å². The highest BCUT2D eigenvalue weighted by Crippen LogP contribution is 2.30. The minimum Gasteiger partial charge on any atom is -0.382 e. The van der Waals surface area contributed by atoms with E-state index in [1.54, 1.807) is 18.2 Å². The van der Waals surface area contributed by atoms with Gasteiger partial charge in [0.1, 0.15) is 0 Å². The molecule has 3 rings (SSSR count). The molecule has 0 aliphatic heterocycles. The number of rotatable bonds is 10. The standard InChI is InChI=1S/C21H22Cl2N4O2S/c1-2-29-13-7-12-27-20(15-8-4-3-5-9-15)25-26-21(27)30-14-18(28)24-19-16(22)10-6-11-17(19)23/h3-6,8-11H,2,7,12-14H2,1H3,(H,24,28). The van der Waals surface area contributed by atoms with Crippen molar-refractivity contribution in [2.24, 2.45) is 0 Å². The lowest BCUT2D eigenvalue weighted by Gasteiger charge is -2.11. The van der Waals surface area contributed by atoms with Crippen molar-refractivity contribution in [3.05, 3.63) is 58.6 Å². The number of carbonyl (C=O) groups is 1. The van der Waals surface area contributed by atoms with E-state index in [4.69, 9.17) is 27.9 Å². The summed E-state index contributed by atoms with van der Waals surface area (Å²) >= 11 is 13.6. The Morgan fingerprint density at radius 2 is 1.83 bits per heavy atom. The molecule has 0 saturated carbocycles. The molecule has 9 heteroatoms. The minimum absolute atomic E-state index is 0.153. The van der Waals surface area contributed by atoms with E-state index in [1.807, 2.05) is 41.8 Å². The van der Waals surface area contributed by atoms with E-state index >= 15 is 0 Å². The second-order valence-electron chi connectivity index (χ2n) is 6.31. The topological polar surface area (TPSA) is 69.0 Å². The molecule has 0 radical (unpaired) electrons. The van der Waals surface area contributed by atoms with E-state index in [1.165, 1.54) is 11.8 Å². The number of aromatic nitrogens is 3. The van der Waals surface area contributed by atoms with Crippen LogP contribution in [-0.2, 0) is 16.1 Å². The molecule has 3 aromatic rings. The van der Waals surface area contributed by atoms with Gasteiger partial charge in [0.25, 0.3) is 0 Å². The second-order valence-corrected chi connectivity index (χ2v) is 8.06. The third-order valence-electron chi connectivity index (χ3n) is 4.18. The molecule has 0 fully saturated rings. The number of hydrogen-bond donors (Lipinski definition) is 1. The first kappa shape index (κ1) is 22.6. The van der Waals surface area contributed by atoms with Crippen LogP contribution in [0.3, 0.4) is 0 Å². The van der Waals surface area contributed by atoms with E-state index < -0.39 is 0 Å². The average molecular weight is 465 g/mol. The number of ether oxygens (including phenoxy) is 1. The zero-order valence-corrected chi connectivity index (χ0v) is 18.8. The summed E-state index contributed by atoms with van der Waals surface area (Å²) in [4.78, 5) is 12.5. The van der Waals surface area contributed by atoms with Crippen molar-refractivity contribution in [1.82, 2.24) is 14.8 Å². The van der Waals surface area contributed by atoms with E-state index in [0.717, 1.165) is 17.8 Å². The van der Waals surface area contributed by atoms with Gasteiger partial charge in [0.2, 0.25) is 5.91 Å². The van der Waals surface area contributed by atoms with Gasteiger partial charge in [-0.3, -0.25) is 4.79 Å².